The zero-order chi connectivity index (χ0) is 15.9. The fourth-order valence-electron chi connectivity index (χ4n) is 1.44. The van der Waals surface area contributed by atoms with Gasteiger partial charge in [-0.25, -0.2) is 12.2 Å². The largest absolute Gasteiger partial charge is 0.483 e. The van der Waals surface area contributed by atoms with Gasteiger partial charge in [0.05, 0.1) is 11.4 Å². The van der Waals surface area contributed by atoms with Crippen LogP contribution in [0.1, 0.15) is 6.42 Å². The molecule has 0 saturated carbocycles. The van der Waals surface area contributed by atoms with E-state index in [0.717, 1.165) is 17.8 Å². The van der Waals surface area contributed by atoms with Crippen molar-refractivity contribution in [1.29, 1.82) is 0 Å². The first-order valence-corrected chi connectivity index (χ1v) is 6.68. The Morgan fingerprint density at radius 1 is 0.913 bits per heavy atom. The predicted molar refractivity (Wildman–Crippen MR) is 87.3 cm³/mol. The standard InChI is InChI=1S/C12H10N2.C5H5.CH2O2.Fe/c1-3-7-11(8-4-1)13-14-12-9-5-2-6-10-12;1-2-4-5-3-1;2-1-3;/h1-10H;1-3H,4H2;1H,(H,2,3);/q;-1;;. The minimum Gasteiger partial charge on any atom is -0.483 e. The number of hydrogen-bond donors (Lipinski definition) is 1. The normalized spacial score (nSPS) is 10.8. The van der Waals surface area contributed by atoms with E-state index in [0.29, 0.717) is 0 Å². The molecule has 0 heterocycles. The first-order chi connectivity index (χ1) is 10.9. The van der Waals surface area contributed by atoms with Gasteiger partial charge < -0.3 is 5.11 Å². The van der Waals surface area contributed by atoms with Crippen LogP contribution in [0.4, 0.5) is 11.4 Å². The van der Waals surface area contributed by atoms with Gasteiger partial charge in [-0.1, -0.05) is 36.4 Å². The summed E-state index contributed by atoms with van der Waals surface area (Å²) in [6.45, 7) is -0.250. The van der Waals surface area contributed by atoms with Gasteiger partial charge in [-0.2, -0.15) is 16.3 Å². The van der Waals surface area contributed by atoms with Crippen molar-refractivity contribution in [3.63, 3.8) is 0 Å². The maximum Gasteiger partial charge on any atom is 0.290 e. The molecule has 23 heavy (non-hydrogen) atoms. The summed E-state index contributed by atoms with van der Waals surface area (Å²) < 4.78 is 0. The minimum absolute atomic E-state index is 0. The van der Waals surface area contributed by atoms with E-state index in [9.17, 15) is 0 Å². The average Bonchev–Trinajstić information content (AvgIpc) is 3.15. The Hall–Kier alpha value is -2.49. The van der Waals surface area contributed by atoms with Crippen molar-refractivity contribution < 1.29 is 27.0 Å². The van der Waals surface area contributed by atoms with Gasteiger partial charge in [-0.15, -0.1) is 6.42 Å². The molecule has 120 valence electrons. The van der Waals surface area contributed by atoms with Crippen LogP contribution in [0.5, 0.6) is 0 Å². The molecule has 0 amide bonds. The Balaban J connectivity index is 0.000000450. The number of carboxylic acid groups (broad SMARTS) is 1. The van der Waals surface area contributed by atoms with Crippen LogP contribution in [0.2, 0.25) is 0 Å². The van der Waals surface area contributed by atoms with Crippen LogP contribution in [0, 0.1) is 6.08 Å². The van der Waals surface area contributed by atoms with Gasteiger partial charge in [0.25, 0.3) is 6.47 Å². The first-order valence-electron chi connectivity index (χ1n) is 6.68. The van der Waals surface area contributed by atoms with Crippen LogP contribution in [-0.4, -0.2) is 11.6 Å². The molecule has 3 rings (SSSR count). The van der Waals surface area contributed by atoms with Crippen LogP contribution in [0.15, 0.2) is 89.1 Å². The maximum atomic E-state index is 8.36. The average molecular weight is 349 g/mol. The van der Waals surface area contributed by atoms with Crippen LogP contribution in [0.25, 0.3) is 0 Å². The molecule has 0 bridgehead atoms. The third-order valence-corrected chi connectivity index (χ3v) is 2.38. The summed E-state index contributed by atoms with van der Waals surface area (Å²) in [5.41, 5.74) is 1.74. The van der Waals surface area contributed by atoms with Crippen LogP contribution in [-0.2, 0) is 21.9 Å². The van der Waals surface area contributed by atoms with Gasteiger partial charge >= 0.3 is 0 Å². The number of rotatable bonds is 2. The van der Waals surface area contributed by atoms with Gasteiger partial charge in [0.2, 0.25) is 0 Å². The molecule has 1 N–H and O–H groups in total. The Kier molecular flexibility index (Phi) is 12.9. The number of carbonyl (C=O) groups is 1. The first kappa shape index (κ1) is 20.5. The van der Waals surface area contributed by atoms with E-state index in [4.69, 9.17) is 9.90 Å². The maximum absolute atomic E-state index is 8.36. The summed E-state index contributed by atoms with van der Waals surface area (Å²) >= 11 is 0. The van der Waals surface area contributed by atoms with E-state index in [1.54, 1.807) is 0 Å². The second-order valence-electron chi connectivity index (χ2n) is 3.98. The molecule has 4 nitrogen and oxygen atoms in total. The van der Waals surface area contributed by atoms with Gasteiger partial charge in [0, 0.05) is 17.1 Å². The fourth-order valence-corrected chi connectivity index (χ4v) is 1.44. The molecule has 0 fully saturated rings. The van der Waals surface area contributed by atoms with Crippen molar-refractivity contribution in [2.45, 2.75) is 6.42 Å². The minimum atomic E-state index is -0.250. The smallest absolute Gasteiger partial charge is 0.290 e. The zero-order valence-corrected chi connectivity index (χ0v) is 13.5. The number of allylic oxidation sites excluding steroid dienone is 4. The summed E-state index contributed by atoms with van der Waals surface area (Å²) in [6, 6.07) is 19.4. The number of benzene rings is 2. The van der Waals surface area contributed by atoms with Gasteiger partial charge in [0.15, 0.2) is 0 Å². The van der Waals surface area contributed by atoms with Crippen LogP contribution >= 0.6 is 0 Å². The van der Waals surface area contributed by atoms with E-state index >= 15 is 0 Å². The van der Waals surface area contributed by atoms with E-state index in [-0.39, 0.29) is 23.5 Å². The van der Waals surface area contributed by atoms with E-state index in [1.165, 1.54) is 0 Å². The molecule has 2 aromatic rings. The number of nitrogens with zero attached hydrogens (tertiary/aromatic N) is 2. The molecule has 0 spiro atoms. The van der Waals surface area contributed by atoms with Crippen molar-refractivity contribution in [2.75, 3.05) is 0 Å². The number of azo groups is 1. The molecule has 0 unspecified atom stereocenters. The summed E-state index contributed by atoms with van der Waals surface area (Å²) in [5, 5.41) is 15.1. The van der Waals surface area contributed by atoms with E-state index < -0.39 is 0 Å². The molecule has 0 radical (unpaired) electrons. The van der Waals surface area contributed by atoms with Crippen molar-refractivity contribution in [1.82, 2.24) is 0 Å². The molecule has 1 aliphatic rings. The van der Waals surface area contributed by atoms with Crippen molar-refractivity contribution in [2.24, 2.45) is 10.2 Å². The molecular weight excluding hydrogens is 332 g/mol. The van der Waals surface area contributed by atoms with Gasteiger partial charge in [0.1, 0.15) is 0 Å². The Labute approximate surface area is 146 Å². The molecular formula is C18H17FeN2O2-. The third kappa shape index (κ3) is 10.8. The monoisotopic (exact) mass is 349 g/mol. The Morgan fingerprint density at radius 2 is 1.35 bits per heavy atom. The molecule has 0 aliphatic heterocycles. The number of hydrogen-bond acceptors (Lipinski definition) is 3. The quantitative estimate of drug-likeness (QED) is 0.355. The van der Waals surface area contributed by atoms with Gasteiger partial charge in [-0.3, -0.25) is 10.9 Å². The molecule has 5 heteroatoms. The Morgan fingerprint density at radius 3 is 1.61 bits per heavy atom. The molecule has 0 atom stereocenters. The summed E-state index contributed by atoms with van der Waals surface area (Å²) in [4.78, 5) is 8.36. The van der Waals surface area contributed by atoms with E-state index in [1.807, 2.05) is 72.8 Å². The van der Waals surface area contributed by atoms with Crippen molar-refractivity contribution in [3.05, 3.63) is 85.0 Å². The molecule has 1 aliphatic carbocycles. The molecule has 2 aromatic carbocycles. The fraction of sp³-hybridized carbons (Fsp3) is 0.0556. The SMILES string of the molecule is O=CO.[C-]1=CC=CC1.[Fe].c1ccc(N=Nc2ccccc2)cc1. The van der Waals surface area contributed by atoms with Crippen LogP contribution in [0.3, 0.4) is 0 Å². The van der Waals surface area contributed by atoms with E-state index in [2.05, 4.69) is 22.4 Å². The second kappa shape index (κ2) is 14.4. The van der Waals surface area contributed by atoms with Crippen molar-refractivity contribution in [3.8, 4) is 0 Å². The summed E-state index contributed by atoms with van der Waals surface area (Å²) in [5.74, 6) is 0. The Bertz CT molecular complexity index is 560. The second-order valence-corrected chi connectivity index (χ2v) is 3.98. The molecule has 0 saturated heterocycles. The van der Waals surface area contributed by atoms with Gasteiger partial charge in [-0.05, 0) is 24.3 Å². The third-order valence-electron chi connectivity index (χ3n) is 2.38. The topological polar surface area (TPSA) is 62.0 Å². The predicted octanol–water partition coefficient (Wildman–Crippen LogP) is 5.11. The van der Waals surface area contributed by atoms with Crippen LogP contribution < -0.4 is 0 Å². The summed E-state index contributed by atoms with van der Waals surface area (Å²) in [6.07, 6.45) is 10.0. The van der Waals surface area contributed by atoms with Crippen molar-refractivity contribution >= 4 is 17.8 Å². The zero-order valence-electron chi connectivity index (χ0n) is 12.4. The summed E-state index contributed by atoms with van der Waals surface area (Å²) in [7, 11) is 0. The molecule has 0 aromatic heterocycles.